The molecule has 0 radical (unpaired) electrons. The van der Waals surface area contributed by atoms with Gasteiger partial charge in [-0.15, -0.1) is 0 Å². The van der Waals surface area contributed by atoms with E-state index >= 15 is 0 Å². The largest absolute Gasteiger partial charge is 0.481 e. The minimum absolute atomic E-state index is 0.142. The van der Waals surface area contributed by atoms with Crippen molar-refractivity contribution in [2.45, 2.75) is 52.0 Å². The first-order valence-corrected chi connectivity index (χ1v) is 6.75. The molecule has 2 unspecified atom stereocenters. The van der Waals surface area contributed by atoms with Crippen LogP contribution in [0, 0.1) is 11.8 Å². The lowest BCUT2D eigenvalue weighted by atomic mass is 9.80. The van der Waals surface area contributed by atoms with E-state index in [4.69, 9.17) is 5.11 Å². The highest BCUT2D eigenvalue weighted by Gasteiger charge is 2.24. The summed E-state index contributed by atoms with van der Waals surface area (Å²) < 4.78 is 0. The minimum atomic E-state index is -0.787. The predicted molar refractivity (Wildman–Crippen MR) is 69.4 cm³/mol. The van der Waals surface area contributed by atoms with Crippen LogP contribution in [0.25, 0.3) is 0 Å². The monoisotopic (exact) mass is 256 g/mol. The number of nitrogens with one attached hydrogen (secondary N) is 2. The van der Waals surface area contributed by atoms with E-state index in [9.17, 15) is 9.59 Å². The Labute approximate surface area is 108 Å². The summed E-state index contributed by atoms with van der Waals surface area (Å²) in [4.78, 5) is 22.0. The molecule has 1 saturated carbocycles. The van der Waals surface area contributed by atoms with Crippen LogP contribution < -0.4 is 10.6 Å². The van der Waals surface area contributed by atoms with Gasteiger partial charge >= 0.3 is 12.0 Å². The third-order valence-corrected chi connectivity index (χ3v) is 3.68. The summed E-state index contributed by atoms with van der Waals surface area (Å²) in [6.45, 7) is 4.51. The Morgan fingerprint density at radius 1 is 1.33 bits per heavy atom. The van der Waals surface area contributed by atoms with E-state index in [1.165, 1.54) is 19.3 Å². The standard InChI is InChI=1S/C13H24N2O3/c1-9(6-7-12(16)17)8-14-13(18)15-10(2)11-4-3-5-11/h9-11H,3-8H2,1-2H3,(H,16,17)(H2,14,15,18). The van der Waals surface area contributed by atoms with Gasteiger partial charge in [-0.2, -0.15) is 0 Å². The number of carboxylic acid groups (broad SMARTS) is 1. The summed E-state index contributed by atoms with van der Waals surface area (Å²) >= 11 is 0. The number of urea groups is 1. The molecule has 0 aliphatic heterocycles. The number of hydrogen-bond donors (Lipinski definition) is 3. The predicted octanol–water partition coefficient (Wildman–Crippen LogP) is 1.98. The van der Waals surface area contributed by atoms with Crippen molar-refractivity contribution in [2.75, 3.05) is 6.54 Å². The van der Waals surface area contributed by atoms with Crippen LogP contribution >= 0.6 is 0 Å². The first-order chi connectivity index (χ1) is 8.49. The zero-order chi connectivity index (χ0) is 13.5. The molecule has 1 rings (SSSR count). The molecule has 3 N–H and O–H groups in total. The van der Waals surface area contributed by atoms with Crippen LogP contribution in [-0.4, -0.2) is 29.7 Å². The van der Waals surface area contributed by atoms with Crippen LogP contribution in [0.4, 0.5) is 4.79 Å². The van der Waals surface area contributed by atoms with Crippen LogP contribution in [0.15, 0.2) is 0 Å². The average molecular weight is 256 g/mol. The Morgan fingerprint density at radius 2 is 2.00 bits per heavy atom. The third-order valence-electron chi connectivity index (χ3n) is 3.68. The molecule has 1 aliphatic carbocycles. The van der Waals surface area contributed by atoms with E-state index in [0.717, 1.165) is 0 Å². The summed E-state index contributed by atoms with van der Waals surface area (Å²) in [6, 6.07) is 0.0876. The first kappa shape index (κ1) is 14.8. The number of rotatable bonds is 7. The quantitative estimate of drug-likeness (QED) is 0.651. The van der Waals surface area contributed by atoms with Gasteiger partial charge in [-0.25, -0.2) is 4.79 Å². The smallest absolute Gasteiger partial charge is 0.315 e. The number of carbonyl (C=O) groups excluding carboxylic acids is 1. The zero-order valence-electron chi connectivity index (χ0n) is 11.2. The molecule has 1 fully saturated rings. The molecule has 0 aromatic carbocycles. The summed E-state index contributed by atoms with van der Waals surface area (Å²) in [5, 5.41) is 14.3. The first-order valence-electron chi connectivity index (χ1n) is 6.75. The molecule has 0 heterocycles. The molecule has 2 amide bonds. The van der Waals surface area contributed by atoms with Crippen molar-refractivity contribution in [1.29, 1.82) is 0 Å². The lowest BCUT2D eigenvalue weighted by Crippen LogP contribution is -2.46. The summed E-state index contributed by atoms with van der Waals surface area (Å²) in [5.74, 6) is 0.0240. The van der Waals surface area contributed by atoms with Gasteiger partial charge in [0, 0.05) is 19.0 Å². The van der Waals surface area contributed by atoms with Crippen molar-refractivity contribution in [2.24, 2.45) is 11.8 Å². The van der Waals surface area contributed by atoms with Gasteiger partial charge in [-0.1, -0.05) is 13.3 Å². The Balaban J connectivity index is 2.10. The van der Waals surface area contributed by atoms with E-state index in [1.807, 2.05) is 13.8 Å². The van der Waals surface area contributed by atoms with E-state index in [-0.39, 0.29) is 24.4 Å². The maximum atomic E-state index is 11.6. The molecule has 18 heavy (non-hydrogen) atoms. The van der Waals surface area contributed by atoms with E-state index in [0.29, 0.717) is 18.9 Å². The lowest BCUT2D eigenvalue weighted by molar-refractivity contribution is -0.137. The van der Waals surface area contributed by atoms with Gasteiger partial charge in [-0.05, 0) is 38.0 Å². The molecule has 1 aliphatic rings. The molecule has 5 heteroatoms. The minimum Gasteiger partial charge on any atom is -0.481 e. The number of carboxylic acids is 1. The lowest BCUT2D eigenvalue weighted by Gasteiger charge is -2.31. The van der Waals surface area contributed by atoms with Crippen molar-refractivity contribution in [3.8, 4) is 0 Å². The summed E-state index contributed by atoms with van der Waals surface area (Å²) in [6.07, 6.45) is 4.42. The average Bonchev–Trinajstić information content (AvgIpc) is 2.20. The fraction of sp³-hybridized carbons (Fsp3) is 0.846. The fourth-order valence-corrected chi connectivity index (χ4v) is 2.05. The molecule has 5 nitrogen and oxygen atoms in total. The van der Waals surface area contributed by atoms with Crippen molar-refractivity contribution in [3.63, 3.8) is 0 Å². The Kier molecular flexibility index (Phi) is 5.95. The molecule has 2 atom stereocenters. The van der Waals surface area contributed by atoms with Gasteiger partial charge in [0.2, 0.25) is 0 Å². The van der Waals surface area contributed by atoms with Crippen LogP contribution in [0.1, 0.15) is 46.0 Å². The molecule has 0 bridgehead atoms. The number of carbonyl (C=O) groups is 2. The Morgan fingerprint density at radius 3 is 2.50 bits per heavy atom. The van der Waals surface area contributed by atoms with Crippen molar-refractivity contribution < 1.29 is 14.7 Å². The van der Waals surface area contributed by atoms with Crippen LogP contribution in [0.3, 0.4) is 0 Å². The fourth-order valence-electron chi connectivity index (χ4n) is 2.05. The Bertz CT molecular complexity index is 290. The van der Waals surface area contributed by atoms with Crippen molar-refractivity contribution >= 4 is 12.0 Å². The maximum Gasteiger partial charge on any atom is 0.315 e. The van der Waals surface area contributed by atoms with Crippen LogP contribution in [0.5, 0.6) is 0 Å². The molecule has 0 aromatic heterocycles. The highest BCUT2D eigenvalue weighted by Crippen LogP contribution is 2.29. The molecule has 104 valence electrons. The normalized spacial score (nSPS) is 18.6. The van der Waals surface area contributed by atoms with Gasteiger partial charge in [0.15, 0.2) is 0 Å². The molecule has 0 saturated heterocycles. The molecule has 0 spiro atoms. The Hall–Kier alpha value is -1.26. The second-order valence-corrected chi connectivity index (χ2v) is 5.37. The SMILES string of the molecule is CC(CCC(=O)O)CNC(=O)NC(C)C1CCC1. The second kappa shape index (κ2) is 7.24. The van der Waals surface area contributed by atoms with Crippen molar-refractivity contribution in [3.05, 3.63) is 0 Å². The highest BCUT2D eigenvalue weighted by molar-refractivity contribution is 5.74. The third kappa shape index (κ3) is 5.38. The van der Waals surface area contributed by atoms with Gasteiger partial charge in [0.25, 0.3) is 0 Å². The molecular formula is C13H24N2O3. The summed E-state index contributed by atoms with van der Waals surface area (Å²) in [5.41, 5.74) is 0. The van der Waals surface area contributed by atoms with Crippen LogP contribution in [-0.2, 0) is 4.79 Å². The number of hydrogen-bond acceptors (Lipinski definition) is 2. The van der Waals surface area contributed by atoms with Crippen molar-refractivity contribution in [1.82, 2.24) is 10.6 Å². The van der Waals surface area contributed by atoms with Gasteiger partial charge < -0.3 is 15.7 Å². The van der Waals surface area contributed by atoms with E-state index in [1.54, 1.807) is 0 Å². The van der Waals surface area contributed by atoms with E-state index in [2.05, 4.69) is 10.6 Å². The second-order valence-electron chi connectivity index (χ2n) is 5.37. The van der Waals surface area contributed by atoms with Gasteiger partial charge in [-0.3, -0.25) is 4.79 Å². The molecule has 0 aromatic rings. The van der Waals surface area contributed by atoms with E-state index < -0.39 is 5.97 Å². The zero-order valence-corrected chi connectivity index (χ0v) is 11.2. The van der Waals surface area contributed by atoms with Crippen LogP contribution in [0.2, 0.25) is 0 Å². The topological polar surface area (TPSA) is 78.4 Å². The molecular weight excluding hydrogens is 232 g/mol. The summed E-state index contributed by atoms with van der Waals surface area (Å²) in [7, 11) is 0. The highest BCUT2D eigenvalue weighted by atomic mass is 16.4. The number of aliphatic carboxylic acids is 1. The maximum absolute atomic E-state index is 11.6. The number of amides is 2. The van der Waals surface area contributed by atoms with Gasteiger partial charge in [0.05, 0.1) is 0 Å². The van der Waals surface area contributed by atoms with Gasteiger partial charge in [0.1, 0.15) is 0 Å².